The molecule has 0 aromatic carbocycles. The van der Waals surface area contributed by atoms with Crippen LogP contribution in [0.2, 0.25) is 0 Å². The van der Waals surface area contributed by atoms with Gasteiger partial charge in [0.25, 0.3) is 0 Å². The quantitative estimate of drug-likeness (QED) is 0.670. The van der Waals surface area contributed by atoms with Gasteiger partial charge >= 0.3 is 0 Å². The zero-order chi connectivity index (χ0) is 9.80. The number of nitrogens with zero attached hydrogens (tertiary/aromatic N) is 2. The van der Waals surface area contributed by atoms with Crippen molar-refractivity contribution in [2.45, 2.75) is 0 Å². The van der Waals surface area contributed by atoms with E-state index in [-0.39, 0.29) is 0 Å². The van der Waals surface area contributed by atoms with Crippen LogP contribution in [0.5, 0.6) is 0 Å². The standard InChI is InChI=1S/C11H8N2O/c14-8-9-1-2-11(13-7-9)10-3-5-12-6-4-10/h1-8H. The molecule has 0 unspecified atom stereocenters. The Hall–Kier alpha value is -2.03. The van der Waals surface area contributed by atoms with Crippen molar-refractivity contribution in [1.29, 1.82) is 0 Å². The number of hydrogen-bond donors (Lipinski definition) is 0. The van der Waals surface area contributed by atoms with Gasteiger partial charge in [-0.05, 0) is 24.3 Å². The topological polar surface area (TPSA) is 42.9 Å². The normalized spacial score (nSPS) is 9.71. The number of aromatic nitrogens is 2. The van der Waals surface area contributed by atoms with E-state index in [1.54, 1.807) is 24.7 Å². The minimum Gasteiger partial charge on any atom is -0.298 e. The third kappa shape index (κ3) is 1.66. The van der Waals surface area contributed by atoms with E-state index in [9.17, 15) is 4.79 Å². The van der Waals surface area contributed by atoms with Crippen molar-refractivity contribution >= 4 is 6.29 Å². The molecule has 0 aliphatic rings. The van der Waals surface area contributed by atoms with Crippen molar-refractivity contribution in [3.8, 4) is 11.3 Å². The number of rotatable bonds is 2. The van der Waals surface area contributed by atoms with Gasteiger partial charge in [-0.3, -0.25) is 14.8 Å². The largest absolute Gasteiger partial charge is 0.298 e. The molecular weight excluding hydrogens is 176 g/mol. The smallest absolute Gasteiger partial charge is 0.151 e. The Morgan fingerprint density at radius 2 is 1.86 bits per heavy atom. The molecule has 2 heterocycles. The molecule has 0 N–H and O–H groups in total. The third-order valence-corrected chi connectivity index (χ3v) is 1.90. The molecule has 2 aromatic heterocycles. The van der Waals surface area contributed by atoms with Crippen LogP contribution in [0.4, 0.5) is 0 Å². The molecule has 3 heteroatoms. The molecule has 0 aliphatic heterocycles. The Kier molecular flexibility index (Phi) is 2.32. The SMILES string of the molecule is O=Cc1ccc(-c2ccncc2)nc1. The van der Waals surface area contributed by atoms with Crippen molar-refractivity contribution in [3.63, 3.8) is 0 Å². The molecule has 14 heavy (non-hydrogen) atoms. The summed E-state index contributed by atoms with van der Waals surface area (Å²) >= 11 is 0. The Morgan fingerprint density at radius 3 is 2.43 bits per heavy atom. The minimum absolute atomic E-state index is 0.586. The van der Waals surface area contributed by atoms with Crippen molar-refractivity contribution in [2.24, 2.45) is 0 Å². The van der Waals surface area contributed by atoms with Gasteiger partial charge in [0.2, 0.25) is 0 Å². The van der Waals surface area contributed by atoms with E-state index in [2.05, 4.69) is 9.97 Å². The van der Waals surface area contributed by atoms with Crippen molar-refractivity contribution < 1.29 is 4.79 Å². The summed E-state index contributed by atoms with van der Waals surface area (Å²) in [5.41, 5.74) is 2.43. The van der Waals surface area contributed by atoms with Crippen LogP contribution in [0.15, 0.2) is 42.9 Å². The minimum atomic E-state index is 0.586. The Balaban J connectivity index is 2.39. The van der Waals surface area contributed by atoms with Gasteiger partial charge in [-0.2, -0.15) is 0 Å². The summed E-state index contributed by atoms with van der Waals surface area (Å²) in [5, 5.41) is 0. The molecule has 68 valence electrons. The monoisotopic (exact) mass is 184 g/mol. The van der Waals surface area contributed by atoms with E-state index in [1.165, 1.54) is 0 Å². The highest BCUT2D eigenvalue weighted by atomic mass is 16.1. The number of pyridine rings is 2. The highest BCUT2D eigenvalue weighted by Crippen LogP contribution is 2.14. The summed E-state index contributed by atoms with van der Waals surface area (Å²) in [6.07, 6.45) is 5.77. The number of hydrogen-bond acceptors (Lipinski definition) is 3. The van der Waals surface area contributed by atoms with Crippen LogP contribution in [-0.4, -0.2) is 16.3 Å². The van der Waals surface area contributed by atoms with Gasteiger partial charge in [-0.25, -0.2) is 0 Å². The Labute approximate surface area is 81.5 Å². The third-order valence-electron chi connectivity index (χ3n) is 1.90. The second-order valence-electron chi connectivity index (χ2n) is 2.83. The lowest BCUT2D eigenvalue weighted by molar-refractivity contribution is 0.112. The van der Waals surface area contributed by atoms with E-state index >= 15 is 0 Å². The van der Waals surface area contributed by atoms with Gasteiger partial charge in [-0.15, -0.1) is 0 Å². The van der Waals surface area contributed by atoms with Crippen LogP contribution in [0, 0.1) is 0 Å². The van der Waals surface area contributed by atoms with Crippen molar-refractivity contribution in [2.75, 3.05) is 0 Å². The highest BCUT2D eigenvalue weighted by Gasteiger charge is 1.97. The second-order valence-corrected chi connectivity index (χ2v) is 2.83. The number of carbonyl (C=O) groups is 1. The number of carbonyl (C=O) groups excluding carboxylic acids is 1. The summed E-state index contributed by atoms with van der Waals surface area (Å²) in [5.74, 6) is 0. The van der Waals surface area contributed by atoms with Gasteiger partial charge in [0.15, 0.2) is 6.29 Å². The molecule has 0 saturated carbocycles. The van der Waals surface area contributed by atoms with E-state index in [4.69, 9.17) is 0 Å². The fourth-order valence-corrected chi connectivity index (χ4v) is 1.17. The average molecular weight is 184 g/mol. The number of aldehydes is 1. The Bertz CT molecular complexity index is 423. The zero-order valence-electron chi connectivity index (χ0n) is 7.42. The summed E-state index contributed by atoms with van der Waals surface area (Å²) in [6.45, 7) is 0. The fourth-order valence-electron chi connectivity index (χ4n) is 1.17. The lowest BCUT2D eigenvalue weighted by atomic mass is 10.1. The van der Waals surface area contributed by atoms with Crippen LogP contribution in [-0.2, 0) is 0 Å². The van der Waals surface area contributed by atoms with Gasteiger partial charge in [0.05, 0.1) is 5.69 Å². The first-order valence-corrected chi connectivity index (χ1v) is 4.22. The molecule has 0 bridgehead atoms. The maximum atomic E-state index is 10.4. The van der Waals surface area contributed by atoms with Gasteiger partial charge in [0, 0.05) is 29.7 Å². The molecule has 0 fully saturated rings. The predicted octanol–water partition coefficient (Wildman–Crippen LogP) is 1.96. The second kappa shape index (κ2) is 3.79. The first kappa shape index (κ1) is 8.56. The molecule has 0 saturated heterocycles. The Morgan fingerprint density at radius 1 is 1.07 bits per heavy atom. The van der Waals surface area contributed by atoms with Crippen LogP contribution in [0.3, 0.4) is 0 Å². The van der Waals surface area contributed by atoms with E-state index in [0.717, 1.165) is 17.5 Å². The van der Waals surface area contributed by atoms with E-state index in [1.807, 2.05) is 18.2 Å². The summed E-state index contributed by atoms with van der Waals surface area (Å²) in [4.78, 5) is 18.5. The lowest BCUT2D eigenvalue weighted by Gasteiger charge is -1.98. The molecule has 0 amide bonds. The van der Waals surface area contributed by atoms with Gasteiger partial charge in [0.1, 0.15) is 0 Å². The molecule has 0 aliphatic carbocycles. The molecule has 0 spiro atoms. The predicted molar refractivity (Wildman–Crippen MR) is 52.9 cm³/mol. The highest BCUT2D eigenvalue weighted by molar-refractivity contribution is 5.75. The van der Waals surface area contributed by atoms with E-state index in [0.29, 0.717) is 5.56 Å². The average Bonchev–Trinajstić information content (AvgIpc) is 2.30. The summed E-state index contributed by atoms with van der Waals surface area (Å²) < 4.78 is 0. The molecule has 2 aromatic rings. The molecule has 0 radical (unpaired) electrons. The van der Waals surface area contributed by atoms with Crippen LogP contribution >= 0.6 is 0 Å². The summed E-state index contributed by atoms with van der Waals surface area (Å²) in [7, 11) is 0. The van der Waals surface area contributed by atoms with Crippen LogP contribution < -0.4 is 0 Å². The van der Waals surface area contributed by atoms with Gasteiger partial charge < -0.3 is 0 Å². The molecule has 2 rings (SSSR count). The fraction of sp³-hybridized carbons (Fsp3) is 0. The maximum absolute atomic E-state index is 10.4. The molecule has 3 nitrogen and oxygen atoms in total. The molecule has 0 atom stereocenters. The van der Waals surface area contributed by atoms with Crippen molar-refractivity contribution in [3.05, 3.63) is 48.4 Å². The zero-order valence-corrected chi connectivity index (χ0v) is 7.42. The van der Waals surface area contributed by atoms with Crippen molar-refractivity contribution in [1.82, 2.24) is 9.97 Å². The first-order valence-electron chi connectivity index (χ1n) is 4.22. The first-order chi connectivity index (χ1) is 6.90. The van der Waals surface area contributed by atoms with Crippen LogP contribution in [0.1, 0.15) is 10.4 Å². The molecular formula is C11H8N2O. The van der Waals surface area contributed by atoms with E-state index < -0.39 is 0 Å². The van der Waals surface area contributed by atoms with Gasteiger partial charge in [-0.1, -0.05) is 0 Å². The maximum Gasteiger partial charge on any atom is 0.151 e. The summed E-state index contributed by atoms with van der Waals surface area (Å²) in [6, 6.07) is 7.32. The lowest BCUT2D eigenvalue weighted by Crippen LogP contribution is -1.86. The van der Waals surface area contributed by atoms with Crippen LogP contribution in [0.25, 0.3) is 11.3 Å².